The second-order valence-electron chi connectivity index (χ2n) is 6.25. The van der Waals surface area contributed by atoms with Crippen LogP contribution in [0.15, 0.2) is 24.4 Å². The van der Waals surface area contributed by atoms with Crippen LogP contribution in [0.3, 0.4) is 0 Å². The highest BCUT2D eigenvalue weighted by Gasteiger charge is 2.14. The van der Waals surface area contributed by atoms with Gasteiger partial charge in [-0.1, -0.05) is 17.7 Å². The Hall–Kier alpha value is -2.80. The normalized spacial score (nSPS) is 10.7. The van der Waals surface area contributed by atoms with Gasteiger partial charge in [0.2, 0.25) is 5.95 Å². The molecule has 3 aromatic rings. The summed E-state index contributed by atoms with van der Waals surface area (Å²) in [6.45, 7) is 9.77. The lowest BCUT2D eigenvalue weighted by Crippen LogP contribution is -2.16. The van der Waals surface area contributed by atoms with Gasteiger partial charge in [0.15, 0.2) is 5.13 Å². The van der Waals surface area contributed by atoms with Crippen LogP contribution < -0.4 is 10.6 Å². The molecule has 1 amide bonds. The van der Waals surface area contributed by atoms with E-state index in [2.05, 4.69) is 25.6 Å². The topological polar surface area (TPSA) is 79.8 Å². The average Bonchev–Trinajstić information content (AvgIpc) is 2.87. The summed E-state index contributed by atoms with van der Waals surface area (Å²) in [5, 5.41) is 6.76. The Bertz CT molecular complexity index is 961. The van der Waals surface area contributed by atoms with Gasteiger partial charge in [-0.3, -0.25) is 4.79 Å². The molecular formula is C19H21N5OS. The van der Waals surface area contributed by atoms with Gasteiger partial charge in [-0.05, 0) is 46.2 Å². The number of rotatable bonds is 4. The van der Waals surface area contributed by atoms with Crippen molar-refractivity contribution in [3.8, 4) is 0 Å². The Morgan fingerprint density at radius 2 is 1.81 bits per heavy atom. The predicted octanol–water partition coefficient (Wildman–Crippen LogP) is 4.47. The number of carbonyl (C=O) groups is 1. The number of hydrogen-bond donors (Lipinski definition) is 2. The van der Waals surface area contributed by atoms with E-state index in [0.29, 0.717) is 17.2 Å². The number of aromatic nitrogens is 3. The summed E-state index contributed by atoms with van der Waals surface area (Å²) in [6, 6.07) is 5.91. The monoisotopic (exact) mass is 367 g/mol. The van der Waals surface area contributed by atoms with E-state index in [-0.39, 0.29) is 5.91 Å². The molecule has 0 fully saturated rings. The Kier molecular flexibility index (Phi) is 4.99. The van der Waals surface area contributed by atoms with Crippen LogP contribution in [-0.2, 0) is 0 Å². The first-order chi connectivity index (χ1) is 12.3. The first-order valence-corrected chi connectivity index (χ1v) is 9.08. The second kappa shape index (κ2) is 7.21. The van der Waals surface area contributed by atoms with E-state index in [4.69, 9.17) is 0 Å². The largest absolute Gasteiger partial charge is 0.322 e. The SMILES string of the molecule is Cc1ccc(NC(=O)c2cnc(Nc3nc(C)c(C)s3)nc2C)c(C)c1. The molecule has 134 valence electrons. The summed E-state index contributed by atoms with van der Waals surface area (Å²) in [4.78, 5) is 26.8. The summed E-state index contributed by atoms with van der Waals surface area (Å²) < 4.78 is 0. The van der Waals surface area contributed by atoms with Crippen molar-refractivity contribution >= 4 is 34.0 Å². The van der Waals surface area contributed by atoms with E-state index in [0.717, 1.165) is 32.5 Å². The van der Waals surface area contributed by atoms with Gasteiger partial charge >= 0.3 is 0 Å². The summed E-state index contributed by atoms with van der Waals surface area (Å²) in [7, 11) is 0. The molecule has 0 aliphatic rings. The fraction of sp³-hybridized carbons (Fsp3) is 0.263. The van der Waals surface area contributed by atoms with E-state index in [1.165, 1.54) is 6.20 Å². The van der Waals surface area contributed by atoms with Crippen LogP contribution in [0.5, 0.6) is 0 Å². The van der Waals surface area contributed by atoms with E-state index in [9.17, 15) is 4.79 Å². The van der Waals surface area contributed by atoms with Crippen LogP contribution in [-0.4, -0.2) is 20.9 Å². The number of amides is 1. The third-order valence-electron chi connectivity index (χ3n) is 4.10. The summed E-state index contributed by atoms with van der Waals surface area (Å²) in [6.07, 6.45) is 1.54. The zero-order chi connectivity index (χ0) is 18.8. The zero-order valence-electron chi connectivity index (χ0n) is 15.5. The van der Waals surface area contributed by atoms with E-state index >= 15 is 0 Å². The molecule has 0 radical (unpaired) electrons. The molecule has 26 heavy (non-hydrogen) atoms. The van der Waals surface area contributed by atoms with Crippen molar-refractivity contribution in [1.82, 2.24) is 15.0 Å². The molecule has 0 spiro atoms. The van der Waals surface area contributed by atoms with Crippen molar-refractivity contribution < 1.29 is 4.79 Å². The fourth-order valence-corrected chi connectivity index (χ4v) is 3.32. The molecule has 0 aliphatic carbocycles. The number of aryl methyl sites for hydroxylation is 5. The Balaban J connectivity index is 1.77. The molecular weight excluding hydrogens is 346 g/mol. The lowest BCUT2D eigenvalue weighted by molar-refractivity contribution is 0.102. The molecule has 2 heterocycles. The number of benzene rings is 1. The van der Waals surface area contributed by atoms with Gasteiger partial charge in [-0.25, -0.2) is 15.0 Å². The molecule has 0 saturated heterocycles. The maximum Gasteiger partial charge on any atom is 0.259 e. The first-order valence-electron chi connectivity index (χ1n) is 8.27. The van der Waals surface area contributed by atoms with E-state index in [1.807, 2.05) is 45.9 Å². The predicted molar refractivity (Wildman–Crippen MR) is 106 cm³/mol. The van der Waals surface area contributed by atoms with Crippen molar-refractivity contribution in [2.75, 3.05) is 10.6 Å². The van der Waals surface area contributed by atoms with Gasteiger partial charge < -0.3 is 10.6 Å². The molecule has 0 bridgehead atoms. The Morgan fingerprint density at radius 3 is 2.42 bits per heavy atom. The lowest BCUT2D eigenvalue weighted by atomic mass is 10.1. The van der Waals surface area contributed by atoms with E-state index < -0.39 is 0 Å². The number of nitrogens with one attached hydrogen (secondary N) is 2. The molecule has 1 aromatic carbocycles. The quantitative estimate of drug-likeness (QED) is 0.711. The molecule has 7 heteroatoms. The molecule has 0 aliphatic heterocycles. The van der Waals surface area contributed by atoms with Gasteiger partial charge in [0, 0.05) is 16.8 Å². The van der Waals surface area contributed by atoms with Crippen molar-refractivity contribution in [3.05, 3.63) is 57.4 Å². The summed E-state index contributed by atoms with van der Waals surface area (Å²) in [5.74, 6) is 0.209. The zero-order valence-corrected chi connectivity index (χ0v) is 16.3. The van der Waals surface area contributed by atoms with Crippen molar-refractivity contribution in [3.63, 3.8) is 0 Å². The highest BCUT2D eigenvalue weighted by molar-refractivity contribution is 7.15. The van der Waals surface area contributed by atoms with Gasteiger partial charge in [0.05, 0.1) is 17.0 Å². The standard InChI is InChI=1S/C19H21N5OS/c1-10-6-7-16(11(2)8-10)23-17(25)15-9-20-18(21-13(15)4)24-19-22-12(3)14(5)26-19/h6-9H,1-5H3,(H,23,25)(H,20,21,22,24). The smallest absolute Gasteiger partial charge is 0.259 e. The third kappa shape index (κ3) is 3.88. The average molecular weight is 367 g/mol. The lowest BCUT2D eigenvalue weighted by Gasteiger charge is -2.11. The van der Waals surface area contributed by atoms with Gasteiger partial charge in [-0.15, -0.1) is 11.3 Å². The van der Waals surface area contributed by atoms with Crippen LogP contribution in [0.4, 0.5) is 16.8 Å². The fourth-order valence-electron chi connectivity index (χ4n) is 2.52. The van der Waals surface area contributed by atoms with Crippen LogP contribution in [0, 0.1) is 34.6 Å². The number of hydrogen-bond acceptors (Lipinski definition) is 6. The Labute approximate surface area is 156 Å². The van der Waals surface area contributed by atoms with Gasteiger partial charge in [0.1, 0.15) is 0 Å². The summed E-state index contributed by atoms with van der Waals surface area (Å²) in [5.41, 5.74) is 5.00. The minimum Gasteiger partial charge on any atom is -0.322 e. The van der Waals surface area contributed by atoms with Crippen LogP contribution in [0.25, 0.3) is 0 Å². The third-order valence-corrected chi connectivity index (χ3v) is 5.09. The van der Waals surface area contributed by atoms with Crippen LogP contribution in [0.2, 0.25) is 0 Å². The number of carbonyl (C=O) groups excluding carboxylic acids is 1. The second-order valence-corrected chi connectivity index (χ2v) is 7.45. The minimum absolute atomic E-state index is 0.220. The molecule has 3 rings (SSSR count). The van der Waals surface area contributed by atoms with Crippen molar-refractivity contribution in [1.29, 1.82) is 0 Å². The minimum atomic E-state index is -0.220. The molecule has 0 atom stereocenters. The molecule has 2 N–H and O–H groups in total. The van der Waals surface area contributed by atoms with Gasteiger partial charge in [-0.2, -0.15) is 0 Å². The highest BCUT2D eigenvalue weighted by atomic mass is 32.1. The molecule has 0 unspecified atom stereocenters. The first kappa shape index (κ1) is 18.0. The number of nitrogens with zero attached hydrogens (tertiary/aromatic N) is 3. The van der Waals surface area contributed by atoms with Gasteiger partial charge in [0.25, 0.3) is 5.91 Å². The molecule has 0 saturated carbocycles. The number of thiazole rings is 1. The van der Waals surface area contributed by atoms with Crippen LogP contribution in [0.1, 0.15) is 37.7 Å². The highest BCUT2D eigenvalue weighted by Crippen LogP contribution is 2.24. The van der Waals surface area contributed by atoms with E-state index in [1.54, 1.807) is 18.3 Å². The molecule has 6 nitrogen and oxygen atoms in total. The van der Waals surface area contributed by atoms with Crippen molar-refractivity contribution in [2.45, 2.75) is 34.6 Å². The van der Waals surface area contributed by atoms with Crippen LogP contribution >= 0.6 is 11.3 Å². The summed E-state index contributed by atoms with van der Waals surface area (Å²) >= 11 is 1.55. The maximum absolute atomic E-state index is 12.6. The Morgan fingerprint density at radius 1 is 1.04 bits per heavy atom. The molecule has 2 aromatic heterocycles. The number of anilines is 3. The van der Waals surface area contributed by atoms with Crippen molar-refractivity contribution in [2.24, 2.45) is 0 Å². The maximum atomic E-state index is 12.6.